The quantitative estimate of drug-likeness (QED) is 0.578. The van der Waals surface area contributed by atoms with Gasteiger partial charge in [-0.2, -0.15) is 0 Å². The van der Waals surface area contributed by atoms with Crippen molar-refractivity contribution in [1.29, 1.82) is 0 Å². The fourth-order valence-electron chi connectivity index (χ4n) is 1.44. The van der Waals surface area contributed by atoms with Crippen LogP contribution in [0.4, 0.5) is 0 Å². The molecule has 0 saturated carbocycles. The third kappa shape index (κ3) is 5.21. The van der Waals surface area contributed by atoms with Crippen LogP contribution >= 0.6 is 23.7 Å². The van der Waals surface area contributed by atoms with Gasteiger partial charge in [-0.05, 0) is 19.4 Å². The highest BCUT2D eigenvalue weighted by Crippen LogP contribution is 2.44. The van der Waals surface area contributed by atoms with Crippen LogP contribution in [-0.2, 0) is 13.6 Å². The molecule has 0 aliphatic heterocycles. The molecule has 18 heavy (non-hydrogen) atoms. The molecule has 6 heteroatoms. The van der Waals surface area contributed by atoms with Crippen LogP contribution in [0.5, 0.6) is 0 Å². The van der Waals surface area contributed by atoms with Crippen molar-refractivity contribution < 1.29 is 13.6 Å². The number of alkyl halides is 1. The van der Waals surface area contributed by atoms with Gasteiger partial charge in [-0.3, -0.25) is 9.05 Å². The van der Waals surface area contributed by atoms with Crippen molar-refractivity contribution in [2.75, 3.05) is 19.8 Å². The first-order valence-electron chi connectivity index (χ1n) is 5.94. The monoisotopic (exact) mass is 335 g/mol. The minimum atomic E-state index is -3.17. The summed E-state index contributed by atoms with van der Waals surface area (Å²) in [6, 6.07) is 9.91. The van der Waals surface area contributed by atoms with E-state index in [0.717, 1.165) is 5.56 Å². The lowest BCUT2D eigenvalue weighted by molar-refractivity contribution is 0.211. The van der Waals surface area contributed by atoms with Gasteiger partial charge in [-0.15, -0.1) is 0 Å². The molecule has 0 spiro atoms. The number of hydrogen-bond acceptors (Lipinski definition) is 3. The smallest absolute Gasteiger partial charge is 0.297 e. The summed E-state index contributed by atoms with van der Waals surface area (Å²) in [4.78, 5) is 0.0629. The maximum atomic E-state index is 12.2. The second-order valence-corrected chi connectivity index (χ2v) is 6.51. The highest BCUT2D eigenvalue weighted by atomic mass is 79.9. The van der Waals surface area contributed by atoms with Gasteiger partial charge in [0, 0.05) is 6.54 Å². The van der Waals surface area contributed by atoms with Gasteiger partial charge in [0.25, 0.3) is 0 Å². The lowest BCUT2D eigenvalue weighted by Gasteiger charge is -2.19. The average molecular weight is 336 g/mol. The summed E-state index contributed by atoms with van der Waals surface area (Å²) in [6.07, 6.45) is 0. The van der Waals surface area contributed by atoms with Gasteiger partial charge in [-0.1, -0.05) is 46.3 Å². The van der Waals surface area contributed by atoms with Crippen LogP contribution in [0.1, 0.15) is 24.2 Å². The highest BCUT2D eigenvalue weighted by Gasteiger charge is 2.24. The largest absolute Gasteiger partial charge is 0.405 e. The summed E-state index contributed by atoms with van der Waals surface area (Å²) in [6.45, 7) is 4.75. The Balaban J connectivity index is 2.55. The Labute approximate surface area is 117 Å². The molecule has 0 radical (unpaired) electrons. The standard InChI is InChI=1S/C12H19BrNO3P/c1-3-16-18(15,17-4-2)14-10-12(13)11-8-6-5-7-9-11/h5-9,12H,3-4,10H2,1-2H3,(H,14,15). The molecule has 1 N–H and O–H groups in total. The van der Waals surface area contributed by atoms with E-state index in [1.54, 1.807) is 13.8 Å². The Morgan fingerprint density at radius 2 is 1.78 bits per heavy atom. The van der Waals surface area contributed by atoms with Crippen LogP contribution in [0.25, 0.3) is 0 Å². The third-order valence-corrected chi connectivity index (χ3v) is 4.84. The molecule has 1 rings (SSSR count). The first kappa shape index (κ1) is 15.9. The molecule has 1 aromatic rings. The summed E-state index contributed by atoms with van der Waals surface area (Å²) in [5.41, 5.74) is 1.12. The summed E-state index contributed by atoms with van der Waals surface area (Å²) < 4.78 is 22.5. The van der Waals surface area contributed by atoms with E-state index in [1.807, 2.05) is 30.3 Å². The van der Waals surface area contributed by atoms with Gasteiger partial charge < -0.3 is 0 Å². The van der Waals surface area contributed by atoms with Crippen molar-refractivity contribution in [3.05, 3.63) is 35.9 Å². The molecule has 0 fully saturated rings. The Morgan fingerprint density at radius 1 is 1.22 bits per heavy atom. The molecule has 0 aromatic heterocycles. The molecule has 0 aliphatic rings. The minimum absolute atomic E-state index is 0.0629. The Bertz CT molecular complexity index is 378. The van der Waals surface area contributed by atoms with Crippen molar-refractivity contribution in [3.63, 3.8) is 0 Å². The molecule has 0 amide bonds. The van der Waals surface area contributed by atoms with Crippen LogP contribution < -0.4 is 5.09 Å². The summed E-state index contributed by atoms with van der Waals surface area (Å²) in [5, 5.41) is 2.86. The number of benzene rings is 1. The Kier molecular flexibility index (Phi) is 7.12. The highest BCUT2D eigenvalue weighted by molar-refractivity contribution is 9.09. The van der Waals surface area contributed by atoms with E-state index < -0.39 is 7.75 Å². The van der Waals surface area contributed by atoms with Crippen LogP contribution in [0.2, 0.25) is 0 Å². The lowest BCUT2D eigenvalue weighted by atomic mass is 10.2. The molecule has 0 bridgehead atoms. The van der Waals surface area contributed by atoms with Crippen molar-refractivity contribution in [3.8, 4) is 0 Å². The summed E-state index contributed by atoms with van der Waals surface area (Å²) in [7, 11) is -3.17. The SMILES string of the molecule is CCOP(=O)(NCC(Br)c1ccccc1)OCC. The van der Waals surface area contributed by atoms with E-state index in [0.29, 0.717) is 19.8 Å². The third-order valence-electron chi connectivity index (χ3n) is 2.22. The zero-order valence-corrected chi connectivity index (χ0v) is 13.1. The molecular formula is C12H19BrNO3P. The molecule has 0 heterocycles. The topological polar surface area (TPSA) is 47.6 Å². The zero-order valence-electron chi connectivity index (χ0n) is 10.6. The lowest BCUT2D eigenvalue weighted by Crippen LogP contribution is -2.19. The first-order valence-corrected chi connectivity index (χ1v) is 8.40. The van der Waals surface area contributed by atoms with Crippen LogP contribution in [0.3, 0.4) is 0 Å². The zero-order chi connectivity index (χ0) is 13.4. The first-order chi connectivity index (χ1) is 8.61. The van der Waals surface area contributed by atoms with Gasteiger partial charge in [0.2, 0.25) is 0 Å². The average Bonchev–Trinajstić information content (AvgIpc) is 2.38. The molecule has 0 saturated heterocycles. The molecule has 0 aliphatic carbocycles. The van der Waals surface area contributed by atoms with Crippen molar-refractivity contribution in [2.24, 2.45) is 0 Å². The van der Waals surface area contributed by atoms with E-state index in [-0.39, 0.29) is 4.83 Å². The number of rotatable bonds is 8. The Morgan fingerprint density at radius 3 is 2.28 bits per heavy atom. The van der Waals surface area contributed by atoms with Gasteiger partial charge in [0.15, 0.2) is 0 Å². The maximum absolute atomic E-state index is 12.2. The van der Waals surface area contributed by atoms with E-state index in [4.69, 9.17) is 9.05 Å². The van der Waals surface area contributed by atoms with E-state index >= 15 is 0 Å². The molecule has 1 atom stereocenters. The van der Waals surface area contributed by atoms with Crippen LogP contribution in [0.15, 0.2) is 30.3 Å². The minimum Gasteiger partial charge on any atom is -0.297 e. The van der Waals surface area contributed by atoms with E-state index in [9.17, 15) is 4.57 Å². The number of nitrogens with one attached hydrogen (secondary N) is 1. The fourth-order valence-corrected chi connectivity index (χ4v) is 3.50. The van der Waals surface area contributed by atoms with Crippen molar-refractivity contribution >= 4 is 23.7 Å². The second kappa shape index (κ2) is 8.08. The summed E-state index contributed by atoms with van der Waals surface area (Å²) in [5.74, 6) is 0. The molecule has 1 unspecified atom stereocenters. The maximum Gasteiger partial charge on any atom is 0.405 e. The Hall–Kier alpha value is -0.190. The molecule has 102 valence electrons. The molecular weight excluding hydrogens is 317 g/mol. The van der Waals surface area contributed by atoms with Gasteiger partial charge in [0.05, 0.1) is 18.0 Å². The fraction of sp³-hybridized carbons (Fsp3) is 0.500. The van der Waals surface area contributed by atoms with Crippen LogP contribution in [0, 0.1) is 0 Å². The normalized spacial score (nSPS) is 13.5. The van der Waals surface area contributed by atoms with Crippen LogP contribution in [-0.4, -0.2) is 19.8 Å². The molecule has 1 aromatic carbocycles. The second-order valence-electron chi connectivity index (χ2n) is 3.57. The van der Waals surface area contributed by atoms with E-state index in [1.165, 1.54) is 0 Å². The van der Waals surface area contributed by atoms with Gasteiger partial charge >= 0.3 is 7.75 Å². The van der Waals surface area contributed by atoms with Gasteiger partial charge in [0.1, 0.15) is 0 Å². The molecule has 4 nitrogen and oxygen atoms in total. The number of halogens is 1. The predicted octanol–water partition coefficient (Wildman–Crippen LogP) is 3.89. The van der Waals surface area contributed by atoms with E-state index in [2.05, 4.69) is 21.0 Å². The van der Waals surface area contributed by atoms with Crippen molar-refractivity contribution in [1.82, 2.24) is 5.09 Å². The predicted molar refractivity (Wildman–Crippen MR) is 77.0 cm³/mol. The van der Waals surface area contributed by atoms with Crippen molar-refractivity contribution in [2.45, 2.75) is 18.7 Å². The number of hydrogen-bond donors (Lipinski definition) is 1. The van der Waals surface area contributed by atoms with Gasteiger partial charge in [-0.25, -0.2) is 9.65 Å². The summed E-state index contributed by atoms with van der Waals surface area (Å²) >= 11 is 3.55.